The molecule has 0 fully saturated rings. The van der Waals surface area contributed by atoms with Gasteiger partial charge in [-0.25, -0.2) is 33.6 Å². The molecule has 0 aliphatic heterocycles. The van der Waals surface area contributed by atoms with Crippen LogP contribution in [-0.4, -0.2) is 0 Å². The first-order chi connectivity index (χ1) is 12.0. The quantitative estimate of drug-likeness (QED) is 0.257. The molecule has 26 heavy (non-hydrogen) atoms. The third-order valence-corrected chi connectivity index (χ3v) is 4.62. The molecule has 2 aliphatic carbocycles. The van der Waals surface area contributed by atoms with Crippen molar-refractivity contribution in [2.75, 3.05) is 0 Å². The average Bonchev–Trinajstić information content (AvgIpc) is 3.28. The van der Waals surface area contributed by atoms with Crippen LogP contribution < -0.4 is 0 Å². The monoisotopic (exact) mass is 435 g/mol. The largest absolute Gasteiger partial charge is 0.268 e. The van der Waals surface area contributed by atoms with E-state index >= 15 is 0 Å². The van der Waals surface area contributed by atoms with Gasteiger partial charge in [-0.15, -0.1) is 6.42 Å². The van der Waals surface area contributed by atoms with Crippen LogP contribution in [0.25, 0.3) is 6.08 Å². The van der Waals surface area contributed by atoms with Gasteiger partial charge >= 0.3 is 0 Å². The van der Waals surface area contributed by atoms with Gasteiger partial charge in [-0.2, -0.15) is 6.08 Å². The number of fused-ring (bicyclic) bond motifs is 1. The summed E-state index contributed by atoms with van der Waals surface area (Å²) >= 11 is 0. The summed E-state index contributed by atoms with van der Waals surface area (Å²) in [6.07, 6.45) is 9.78. The third-order valence-electron chi connectivity index (χ3n) is 4.62. The van der Waals surface area contributed by atoms with Gasteiger partial charge in [0, 0.05) is 37.2 Å². The van der Waals surface area contributed by atoms with Gasteiger partial charge in [0.2, 0.25) is 5.82 Å². The van der Waals surface area contributed by atoms with Crippen LogP contribution in [0.3, 0.4) is 0 Å². The summed E-state index contributed by atoms with van der Waals surface area (Å²) in [5.74, 6) is -9.72. The van der Waals surface area contributed by atoms with Gasteiger partial charge in [0.25, 0.3) is 0 Å². The Morgan fingerprint density at radius 2 is 1.42 bits per heavy atom. The van der Waals surface area contributed by atoms with E-state index in [1.54, 1.807) is 42.5 Å². The van der Waals surface area contributed by atoms with Gasteiger partial charge in [-0.05, 0) is 11.1 Å². The Balaban J connectivity index is 0.00000196. The van der Waals surface area contributed by atoms with Gasteiger partial charge < -0.3 is 0 Å². The normalized spacial score (nSPS) is 20.1. The van der Waals surface area contributed by atoms with Gasteiger partial charge in [0.15, 0.2) is 23.3 Å². The predicted octanol–water partition coefficient (Wildman–Crippen LogP) is 5.38. The van der Waals surface area contributed by atoms with Crippen molar-refractivity contribution in [3.05, 3.63) is 99.9 Å². The van der Waals surface area contributed by atoms with Crippen molar-refractivity contribution >= 4 is 6.08 Å². The van der Waals surface area contributed by atoms with Crippen molar-refractivity contribution in [3.63, 3.8) is 0 Å². The number of allylic oxidation sites excluding steroid dienone is 5. The molecular weight excluding hydrogens is 426 g/mol. The van der Waals surface area contributed by atoms with Crippen molar-refractivity contribution in [1.82, 2.24) is 0 Å². The van der Waals surface area contributed by atoms with E-state index < -0.39 is 40.1 Å². The second-order valence-electron chi connectivity index (χ2n) is 5.87. The molecule has 1 atom stereocenters. The first-order valence-electron chi connectivity index (χ1n) is 7.57. The summed E-state index contributed by atoms with van der Waals surface area (Å²) in [4.78, 5) is 0. The minimum atomic E-state index is -2.16. The van der Waals surface area contributed by atoms with Crippen molar-refractivity contribution in [2.24, 2.45) is 0 Å². The molecule has 0 radical (unpaired) electrons. The molecule has 2 aromatic carbocycles. The van der Waals surface area contributed by atoms with Crippen LogP contribution in [0.5, 0.6) is 0 Å². The number of rotatable bonds is 2. The Morgan fingerprint density at radius 1 is 0.808 bits per heavy atom. The Bertz CT molecular complexity index is 961. The van der Waals surface area contributed by atoms with Crippen molar-refractivity contribution in [3.8, 4) is 0 Å². The second-order valence-corrected chi connectivity index (χ2v) is 5.87. The summed E-state index contributed by atoms with van der Waals surface area (Å²) < 4.78 is 70.5. The number of hydrogen-bond acceptors (Lipinski definition) is 0. The second kappa shape index (κ2) is 6.73. The van der Waals surface area contributed by atoms with E-state index in [0.29, 0.717) is 23.1 Å². The average molecular weight is 437 g/mol. The summed E-state index contributed by atoms with van der Waals surface area (Å²) in [7, 11) is 0. The number of hydrogen-bond donors (Lipinski definition) is 0. The zero-order chi connectivity index (χ0) is 17.8. The van der Waals surface area contributed by atoms with Crippen molar-refractivity contribution < 1.29 is 48.2 Å². The Labute approximate surface area is 165 Å². The van der Waals surface area contributed by atoms with E-state index in [-0.39, 0.29) is 26.2 Å². The van der Waals surface area contributed by atoms with Gasteiger partial charge in [0.05, 0.1) is 0 Å². The molecule has 6 heteroatoms. The first-order valence-corrected chi connectivity index (χ1v) is 7.57. The fourth-order valence-corrected chi connectivity index (χ4v) is 3.52. The molecule has 2 aromatic rings. The molecule has 0 aromatic heterocycles. The minimum absolute atomic E-state index is 0. The molecule has 1 unspecified atom stereocenters. The summed E-state index contributed by atoms with van der Waals surface area (Å²) in [5.41, 5.74) is -1.02. The molecule has 2 aliphatic rings. The zero-order valence-electron chi connectivity index (χ0n) is 13.2. The molecular formula is C20H10F5Zr-. The van der Waals surface area contributed by atoms with Crippen LogP contribution >= 0.6 is 0 Å². The van der Waals surface area contributed by atoms with Gasteiger partial charge in [-0.3, -0.25) is 6.08 Å². The zero-order valence-corrected chi connectivity index (χ0v) is 15.7. The van der Waals surface area contributed by atoms with Crippen molar-refractivity contribution in [2.45, 2.75) is 11.8 Å². The van der Waals surface area contributed by atoms with Crippen molar-refractivity contribution in [1.29, 1.82) is 0 Å². The van der Waals surface area contributed by atoms with Gasteiger partial charge in [0.1, 0.15) is 0 Å². The first kappa shape index (κ1) is 19.0. The molecule has 0 amide bonds. The summed E-state index contributed by atoms with van der Waals surface area (Å²) in [6, 6.07) is 6.74. The molecule has 0 saturated carbocycles. The molecule has 0 saturated heterocycles. The summed E-state index contributed by atoms with van der Waals surface area (Å²) in [6.45, 7) is 0. The third kappa shape index (κ3) is 2.42. The Hall–Kier alpha value is -1.81. The minimum Gasteiger partial charge on any atom is -0.268 e. The molecule has 0 heterocycles. The summed E-state index contributed by atoms with van der Waals surface area (Å²) in [5, 5.41) is 0. The molecule has 0 bridgehead atoms. The van der Waals surface area contributed by atoms with Crippen LogP contribution in [0.1, 0.15) is 23.1 Å². The van der Waals surface area contributed by atoms with E-state index in [4.69, 9.17) is 0 Å². The molecule has 0 N–H and O–H groups in total. The molecule has 4 rings (SSSR count). The van der Waals surface area contributed by atoms with E-state index in [9.17, 15) is 22.0 Å². The van der Waals surface area contributed by atoms with Crippen LogP contribution in [-0.2, 0) is 31.6 Å². The SMILES string of the molecule is Fc1c(F)c(F)c(C2(C3=[C-]CC=C3)C=Cc3ccccc32)c(F)c1F.[Zr]. The van der Waals surface area contributed by atoms with Gasteiger partial charge in [-0.1, -0.05) is 36.4 Å². The van der Waals surface area contributed by atoms with Crippen LogP contribution in [0.15, 0.2) is 48.1 Å². The maximum Gasteiger partial charge on any atom is 0.200 e. The standard InChI is InChI=1S/C20H10F5.Zr/c21-15-14(16(22)18(24)19(25)17(15)23)20(12-6-2-3-7-12)10-9-11-5-1-4-8-13(11)20;/h1-2,4-6,8-10H,3H2;/q-1;. The maximum absolute atomic E-state index is 14.6. The van der Waals surface area contributed by atoms with E-state index in [2.05, 4.69) is 6.08 Å². The van der Waals surface area contributed by atoms with E-state index in [1.807, 2.05) is 0 Å². The molecule has 130 valence electrons. The van der Waals surface area contributed by atoms with Crippen LogP contribution in [0, 0.1) is 35.2 Å². The Morgan fingerprint density at radius 3 is 2.04 bits per heavy atom. The van der Waals surface area contributed by atoms with Crippen LogP contribution in [0.4, 0.5) is 22.0 Å². The number of benzene rings is 2. The smallest absolute Gasteiger partial charge is 0.200 e. The number of halogens is 5. The van der Waals surface area contributed by atoms with E-state index in [1.165, 1.54) is 6.08 Å². The maximum atomic E-state index is 14.6. The Kier molecular flexibility index (Phi) is 4.91. The molecule has 0 nitrogen and oxygen atoms in total. The molecule has 0 spiro atoms. The predicted molar refractivity (Wildman–Crippen MR) is 83.0 cm³/mol. The topological polar surface area (TPSA) is 0 Å². The fourth-order valence-electron chi connectivity index (χ4n) is 3.52. The van der Waals surface area contributed by atoms with Crippen LogP contribution in [0.2, 0.25) is 0 Å². The fraction of sp³-hybridized carbons (Fsp3) is 0.100. The van der Waals surface area contributed by atoms with E-state index in [0.717, 1.165) is 0 Å².